The summed E-state index contributed by atoms with van der Waals surface area (Å²) in [6, 6.07) is 5.99. The minimum absolute atomic E-state index is 0.514. The molecule has 0 aliphatic heterocycles. The molecule has 0 bridgehead atoms. The lowest BCUT2D eigenvalue weighted by Gasteiger charge is -2.12. The minimum Gasteiger partial charge on any atom is -0.385 e. The van der Waals surface area contributed by atoms with Gasteiger partial charge in [-0.05, 0) is 44.5 Å². The molecule has 0 aromatic heterocycles. The summed E-state index contributed by atoms with van der Waals surface area (Å²) in [4.78, 5) is 0. The zero-order valence-electron chi connectivity index (χ0n) is 11.1. The van der Waals surface area contributed by atoms with E-state index in [2.05, 4.69) is 17.6 Å². The molecule has 1 atom stereocenters. The zero-order chi connectivity index (χ0) is 15.1. The van der Waals surface area contributed by atoms with Gasteiger partial charge in [-0.1, -0.05) is 0 Å². The van der Waals surface area contributed by atoms with Crippen LogP contribution in [0.2, 0.25) is 0 Å². The minimum atomic E-state index is -4.67. The number of rotatable bonds is 4. The first-order valence-electron chi connectivity index (χ1n) is 5.62. The van der Waals surface area contributed by atoms with E-state index in [1.807, 2.05) is 25.1 Å². The molecule has 0 amide bonds. The summed E-state index contributed by atoms with van der Waals surface area (Å²) in [5, 5.41) is 15.4. The molecule has 1 aromatic carbocycles. The van der Waals surface area contributed by atoms with Crippen LogP contribution in [0.1, 0.15) is 19.4 Å². The summed E-state index contributed by atoms with van der Waals surface area (Å²) in [7, 11) is -4.67. The van der Waals surface area contributed by atoms with Crippen LogP contribution in [0.4, 0.5) is 11.4 Å². The van der Waals surface area contributed by atoms with Crippen molar-refractivity contribution in [1.82, 2.24) is 0 Å². The van der Waals surface area contributed by atoms with Crippen LogP contribution in [-0.4, -0.2) is 35.4 Å². The molecule has 19 heavy (non-hydrogen) atoms. The predicted octanol–water partition coefficient (Wildman–Crippen LogP) is 1.52. The summed E-state index contributed by atoms with van der Waals surface area (Å²) in [5.74, 6) is 0. The molecule has 0 aliphatic rings. The number of benzene rings is 1. The first-order valence-corrected chi connectivity index (χ1v) is 7.02. The Hall–Kier alpha value is -1.35. The summed E-state index contributed by atoms with van der Waals surface area (Å²) in [6.07, 6.45) is -0.514. The van der Waals surface area contributed by atoms with Crippen molar-refractivity contribution in [3.63, 3.8) is 0 Å². The Bertz CT molecular complexity index is 480. The van der Waals surface area contributed by atoms with Crippen molar-refractivity contribution in [3.8, 4) is 0 Å². The molecule has 5 N–H and O–H groups in total. The van der Waals surface area contributed by atoms with E-state index in [0.717, 1.165) is 17.9 Å². The van der Waals surface area contributed by atoms with Crippen molar-refractivity contribution >= 4 is 21.8 Å². The number of hydrogen-bond acceptors (Lipinski definition) is 5. The molecule has 8 heteroatoms. The van der Waals surface area contributed by atoms with Crippen molar-refractivity contribution in [2.45, 2.75) is 27.0 Å². The van der Waals surface area contributed by atoms with Gasteiger partial charge in [-0.15, -0.1) is 0 Å². The Morgan fingerprint density at radius 2 is 1.84 bits per heavy atom. The third-order valence-corrected chi connectivity index (χ3v) is 1.97. The Morgan fingerprint density at radius 3 is 2.21 bits per heavy atom. The Balaban J connectivity index is 0.000000555. The van der Waals surface area contributed by atoms with E-state index < -0.39 is 16.6 Å². The number of anilines is 2. The summed E-state index contributed by atoms with van der Waals surface area (Å²) in [6.45, 7) is 6.74. The first kappa shape index (κ1) is 17.6. The molecule has 0 heterocycles. The maximum atomic E-state index is 9.14. The second kappa shape index (κ2) is 7.95. The van der Waals surface area contributed by atoms with Crippen LogP contribution < -0.4 is 10.6 Å². The van der Waals surface area contributed by atoms with Gasteiger partial charge in [-0.2, -0.15) is 8.42 Å². The van der Waals surface area contributed by atoms with Crippen LogP contribution >= 0.6 is 0 Å². The smallest absolute Gasteiger partial charge is 0.385 e. The van der Waals surface area contributed by atoms with Gasteiger partial charge in [0.25, 0.3) is 0 Å². The summed E-state index contributed by atoms with van der Waals surface area (Å²) in [5.41, 5.74) is 3.26. The van der Waals surface area contributed by atoms with Gasteiger partial charge in [-0.3, -0.25) is 9.11 Å². The van der Waals surface area contributed by atoms with Crippen LogP contribution in [0.25, 0.3) is 0 Å². The quantitative estimate of drug-likeness (QED) is 0.421. The summed E-state index contributed by atoms with van der Waals surface area (Å²) < 4.78 is 31.6. The second-order valence-corrected chi connectivity index (χ2v) is 4.72. The molecule has 7 nitrogen and oxygen atoms in total. The number of aryl methyl sites for hydroxylation is 1. The van der Waals surface area contributed by atoms with Gasteiger partial charge in [-0.25, -0.2) is 0 Å². The first-order chi connectivity index (χ1) is 8.63. The largest absolute Gasteiger partial charge is 0.394 e. The average molecular weight is 292 g/mol. The average Bonchev–Trinajstić information content (AvgIpc) is 2.19. The van der Waals surface area contributed by atoms with E-state index in [1.54, 1.807) is 6.92 Å². The highest BCUT2D eigenvalue weighted by Gasteiger charge is 2.00. The number of nitrogens with one attached hydrogen (secondary N) is 2. The van der Waals surface area contributed by atoms with Crippen molar-refractivity contribution in [1.29, 1.82) is 0 Å². The lowest BCUT2D eigenvalue weighted by atomic mass is 10.1. The fourth-order valence-corrected chi connectivity index (χ4v) is 1.38. The zero-order valence-corrected chi connectivity index (χ0v) is 11.9. The van der Waals surface area contributed by atoms with Crippen LogP contribution in [0.5, 0.6) is 0 Å². The highest BCUT2D eigenvalue weighted by atomic mass is 32.3. The lowest BCUT2D eigenvalue weighted by Crippen LogP contribution is -2.13. The van der Waals surface area contributed by atoms with E-state index in [4.69, 9.17) is 22.6 Å². The number of hydrogen-bond donors (Lipinski definition) is 5. The molecule has 1 rings (SSSR count). The fourth-order valence-electron chi connectivity index (χ4n) is 1.38. The van der Waals surface area contributed by atoms with E-state index in [9.17, 15) is 0 Å². The van der Waals surface area contributed by atoms with Gasteiger partial charge in [0, 0.05) is 17.9 Å². The molecular formula is C11H20N2O5S. The molecule has 1 aromatic rings. The molecule has 0 saturated carbocycles. The molecule has 0 spiro atoms. The maximum Gasteiger partial charge on any atom is 0.394 e. The molecule has 1 unspecified atom stereocenters. The van der Waals surface area contributed by atoms with Gasteiger partial charge in [0.1, 0.15) is 6.23 Å². The number of aliphatic hydroxyl groups excluding tert-OH is 1. The van der Waals surface area contributed by atoms with Crippen molar-refractivity contribution in [3.05, 3.63) is 23.8 Å². The van der Waals surface area contributed by atoms with E-state index in [-0.39, 0.29) is 0 Å². The van der Waals surface area contributed by atoms with Crippen LogP contribution in [0.15, 0.2) is 18.2 Å². The van der Waals surface area contributed by atoms with Gasteiger partial charge >= 0.3 is 10.4 Å². The van der Waals surface area contributed by atoms with E-state index in [1.165, 1.54) is 5.56 Å². The van der Waals surface area contributed by atoms with Gasteiger partial charge in [0.15, 0.2) is 0 Å². The standard InChI is InChI=1S/C11H18N2O.H2O4S/c1-4-12-11-6-5-10(7-8(11)2)13-9(3)14;1-5(2,3)4/h5-7,9,12-14H,4H2,1-3H3;(H2,1,2,3,4). The highest BCUT2D eigenvalue weighted by Crippen LogP contribution is 2.19. The topological polar surface area (TPSA) is 119 Å². The fraction of sp³-hybridized carbons (Fsp3) is 0.455. The van der Waals surface area contributed by atoms with E-state index >= 15 is 0 Å². The monoisotopic (exact) mass is 292 g/mol. The van der Waals surface area contributed by atoms with Gasteiger partial charge < -0.3 is 15.7 Å². The van der Waals surface area contributed by atoms with Gasteiger partial charge in [0.05, 0.1) is 0 Å². The second-order valence-electron chi connectivity index (χ2n) is 3.83. The van der Waals surface area contributed by atoms with Crippen LogP contribution in [0.3, 0.4) is 0 Å². The Morgan fingerprint density at radius 1 is 1.32 bits per heavy atom. The Labute approximate surface area is 113 Å². The SMILES string of the molecule is CCNc1ccc(NC(C)O)cc1C.O=S(=O)(O)O. The third-order valence-electron chi connectivity index (χ3n) is 1.97. The lowest BCUT2D eigenvalue weighted by molar-refractivity contribution is 0.224. The van der Waals surface area contributed by atoms with E-state index in [0.29, 0.717) is 0 Å². The van der Waals surface area contributed by atoms with Crippen molar-refractivity contribution in [2.24, 2.45) is 0 Å². The maximum absolute atomic E-state index is 9.14. The molecular weight excluding hydrogens is 272 g/mol. The molecule has 0 aliphatic carbocycles. The molecule has 110 valence electrons. The number of aliphatic hydroxyl groups is 1. The predicted molar refractivity (Wildman–Crippen MR) is 74.8 cm³/mol. The van der Waals surface area contributed by atoms with Crippen molar-refractivity contribution < 1.29 is 22.6 Å². The summed E-state index contributed by atoms with van der Waals surface area (Å²) >= 11 is 0. The van der Waals surface area contributed by atoms with Crippen LogP contribution in [0, 0.1) is 6.92 Å². The molecule has 0 radical (unpaired) electrons. The third kappa shape index (κ3) is 10.3. The molecule has 0 saturated heterocycles. The van der Waals surface area contributed by atoms with Crippen LogP contribution in [-0.2, 0) is 10.4 Å². The van der Waals surface area contributed by atoms with Gasteiger partial charge in [0.2, 0.25) is 0 Å². The highest BCUT2D eigenvalue weighted by molar-refractivity contribution is 7.79. The normalized spacial score (nSPS) is 12.1. The Kier molecular flexibility index (Phi) is 7.38. The molecule has 0 fully saturated rings. The van der Waals surface area contributed by atoms with Crippen molar-refractivity contribution in [2.75, 3.05) is 17.2 Å².